The fourth-order valence-corrected chi connectivity index (χ4v) is 3.98. The predicted octanol–water partition coefficient (Wildman–Crippen LogP) is 2.40. The van der Waals surface area contributed by atoms with Gasteiger partial charge in [0.25, 0.3) is 5.91 Å². The average Bonchev–Trinajstić information content (AvgIpc) is 3.49. The largest absolute Gasteiger partial charge is 0.417 e. The van der Waals surface area contributed by atoms with E-state index in [4.69, 9.17) is 5.26 Å². The molecule has 0 spiro atoms. The van der Waals surface area contributed by atoms with Crippen LogP contribution in [0.25, 0.3) is 0 Å². The second kappa shape index (κ2) is 8.77. The molecule has 1 atom stereocenters. The summed E-state index contributed by atoms with van der Waals surface area (Å²) in [7, 11) is 0. The maximum absolute atomic E-state index is 13.4. The summed E-state index contributed by atoms with van der Waals surface area (Å²) >= 11 is 0. The van der Waals surface area contributed by atoms with Gasteiger partial charge in [-0.1, -0.05) is 0 Å². The first-order chi connectivity index (χ1) is 15.7. The Morgan fingerprint density at radius 2 is 2.00 bits per heavy atom. The molecule has 2 aliphatic rings. The van der Waals surface area contributed by atoms with Crippen LogP contribution in [0, 0.1) is 11.3 Å². The van der Waals surface area contributed by atoms with Crippen molar-refractivity contribution in [2.24, 2.45) is 0 Å². The Labute approximate surface area is 188 Å². The van der Waals surface area contributed by atoms with E-state index in [0.717, 1.165) is 25.0 Å². The molecule has 0 radical (unpaired) electrons. The maximum Gasteiger partial charge on any atom is 0.417 e. The van der Waals surface area contributed by atoms with E-state index in [1.807, 2.05) is 6.92 Å². The molecule has 8 nitrogen and oxygen atoms in total. The molecule has 1 saturated heterocycles. The van der Waals surface area contributed by atoms with E-state index >= 15 is 0 Å². The van der Waals surface area contributed by atoms with Gasteiger partial charge < -0.3 is 15.1 Å². The summed E-state index contributed by atoms with van der Waals surface area (Å²) in [6.07, 6.45) is -1.44. The molecular formula is C22H23F3N6O2. The molecule has 2 aromatic rings. The summed E-state index contributed by atoms with van der Waals surface area (Å²) in [5.74, 6) is -0.677. The maximum atomic E-state index is 13.4. The highest BCUT2D eigenvalue weighted by Gasteiger charge is 2.40. The number of anilines is 1. The molecule has 174 valence electrons. The van der Waals surface area contributed by atoms with E-state index in [0.29, 0.717) is 12.2 Å². The van der Waals surface area contributed by atoms with Gasteiger partial charge in [-0.25, -0.2) is 0 Å². The van der Waals surface area contributed by atoms with Crippen molar-refractivity contribution in [3.05, 3.63) is 47.3 Å². The third-order valence-corrected chi connectivity index (χ3v) is 5.90. The number of aryl methyl sites for hydroxylation is 1. The van der Waals surface area contributed by atoms with Crippen molar-refractivity contribution in [1.29, 1.82) is 5.26 Å². The number of hydrogen-bond donors (Lipinski definition) is 1. The molecular weight excluding hydrogens is 437 g/mol. The van der Waals surface area contributed by atoms with Gasteiger partial charge in [0.15, 0.2) is 0 Å². The minimum absolute atomic E-state index is 0.0355. The first-order valence-electron chi connectivity index (χ1n) is 10.7. The van der Waals surface area contributed by atoms with E-state index in [1.54, 1.807) is 21.7 Å². The van der Waals surface area contributed by atoms with Crippen LogP contribution in [0.15, 0.2) is 30.5 Å². The third-order valence-electron chi connectivity index (χ3n) is 5.90. The Bertz CT molecular complexity index is 1100. The van der Waals surface area contributed by atoms with Gasteiger partial charge >= 0.3 is 6.18 Å². The van der Waals surface area contributed by atoms with Gasteiger partial charge in [-0.2, -0.15) is 23.5 Å². The number of carbonyl (C=O) groups is 2. The molecule has 4 rings (SSSR count). The number of halogens is 3. The topological polar surface area (TPSA) is 94.3 Å². The molecule has 1 unspecified atom stereocenters. The van der Waals surface area contributed by atoms with Crippen LogP contribution in [0.2, 0.25) is 0 Å². The molecule has 1 aromatic heterocycles. The molecule has 1 aliphatic carbocycles. The van der Waals surface area contributed by atoms with Crippen molar-refractivity contribution in [3.8, 4) is 6.07 Å². The van der Waals surface area contributed by atoms with Crippen molar-refractivity contribution in [1.82, 2.24) is 20.0 Å². The van der Waals surface area contributed by atoms with Crippen molar-refractivity contribution in [3.63, 3.8) is 0 Å². The van der Waals surface area contributed by atoms with Crippen LogP contribution in [-0.2, 0) is 17.5 Å². The Balaban J connectivity index is 1.62. The number of benzene rings is 1. The lowest BCUT2D eigenvalue weighted by Gasteiger charge is -2.41. The molecule has 1 saturated carbocycles. The second-order valence-corrected chi connectivity index (χ2v) is 8.11. The van der Waals surface area contributed by atoms with Gasteiger partial charge in [-0.15, -0.1) is 0 Å². The molecule has 1 aliphatic heterocycles. The standard InChI is InChI=1S/C22H23F3N6O2/c1-2-31-18(7-8-27-31)21(33)30-10-9-29(13-19(30)20(32)28-15-4-5-15)16-6-3-14(12-26)17(11-16)22(23,24)25/h3,6-8,11,15,19H,2,4-5,9-10,13H2,1H3,(H,28,32). The quantitative estimate of drug-likeness (QED) is 0.740. The van der Waals surface area contributed by atoms with Crippen molar-refractivity contribution in [2.45, 2.75) is 44.6 Å². The van der Waals surface area contributed by atoms with Gasteiger partial charge in [0.05, 0.1) is 17.2 Å². The average molecular weight is 460 g/mol. The van der Waals surface area contributed by atoms with Crippen molar-refractivity contribution >= 4 is 17.5 Å². The minimum atomic E-state index is -4.68. The number of carbonyl (C=O) groups excluding carboxylic acids is 2. The molecule has 0 bridgehead atoms. The minimum Gasteiger partial charge on any atom is -0.367 e. The Morgan fingerprint density at radius 1 is 1.24 bits per heavy atom. The number of amides is 2. The number of nitriles is 1. The van der Waals surface area contributed by atoms with Gasteiger partial charge in [0, 0.05) is 44.1 Å². The number of hydrogen-bond acceptors (Lipinski definition) is 5. The Morgan fingerprint density at radius 3 is 2.64 bits per heavy atom. The summed E-state index contributed by atoms with van der Waals surface area (Å²) in [6, 6.07) is 5.85. The zero-order valence-corrected chi connectivity index (χ0v) is 18.0. The molecule has 11 heteroatoms. The van der Waals surface area contributed by atoms with Crippen LogP contribution >= 0.6 is 0 Å². The molecule has 1 N–H and O–H groups in total. The smallest absolute Gasteiger partial charge is 0.367 e. The fraction of sp³-hybridized carbons (Fsp3) is 0.455. The summed E-state index contributed by atoms with van der Waals surface area (Å²) < 4.78 is 41.9. The van der Waals surface area contributed by atoms with Crippen molar-refractivity contribution < 1.29 is 22.8 Å². The Hall–Kier alpha value is -3.55. The SMILES string of the molecule is CCn1nccc1C(=O)N1CCN(c2ccc(C#N)c(C(F)(F)F)c2)CC1C(=O)NC1CC1. The van der Waals surface area contributed by atoms with Crippen LogP contribution in [0.1, 0.15) is 41.4 Å². The normalized spacial score (nSPS) is 18.7. The number of piperazine rings is 1. The van der Waals surface area contributed by atoms with Crippen LogP contribution in [0.3, 0.4) is 0 Å². The van der Waals surface area contributed by atoms with Gasteiger partial charge in [-0.3, -0.25) is 14.3 Å². The number of aromatic nitrogens is 2. The number of nitrogens with one attached hydrogen (secondary N) is 1. The van der Waals surface area contributed by atoms with Crippen molar-refractivity contribution in [2.75, 3.05) is 24.5 Å². The highest BCUT2D eigenvalue weighted by molar-refractivity contribution is 5.97. The number of nitrogens with zero attached hydrogens (tertiary/aromatic N) is 5. The molecule has 2 heterocycles. The van der Waals surface area contributed by atoms with Crippen LogP contribution in [-0.4, -0.2) is 58.2 Å². The van der Waals surface area contributed by atoms with E-state index in [2.05, 4.69) is 10.4 Å². The molecule has 2 amide bonds. The van der Waals surface area contributed by atoms with Gasteiger partial charge in [0.1, 0.15) is 11.7 Å². The van der Waals surface area contributed by atoms with E-state index in [9.17, 15) is 22.8 Å². The molecule has 2 fully saturated rings. The summed E-state index contributed by atoms with van der Waals surface area (Å²) in [4.78, 5) is 29.4. The lowest BCUT2D eigenvalue weighted by molar-refractivity contribution is -0.137. The fourth-order valence-electron chi connectivity index (χ4n) is 3.98. The molecule has 33 heavy (non-hydrogen) atoms. The van der Waals surface area contributed by atoms with Crippen LogP contribution in [0.4, 0.5) is 18.9 Å². The number of alkyl halides is 3. The van der Waals surface area contributed by atoms with E-state index < -0.39 is 23.3 Å². The predicted molar refractivity (Wildman–Crippen MR) is 112 cm³/mol. The Kier molecular flexibility index (Phi) is 6.01. The monoisotopic (exact) mass is 460 g/mol. The number of rotatable bonds is 5. The van der Waals surface area contributed by atoms with Gasteiger partial charge in [0.2, 0.25) is 5.91 Å². The summed E-state index contributed by atoms with van der Waals surface area (Å²) in [6.45, 7) is 2.76. The second-order valence-electron chi connectivity index (χ2n) is 8.11. The first-order valence-corrected chi connectivity index (χ1v) is 10.7. The zero-order chi connectivity index (χ0) is 23.8. The third kappa shape index (κ3) is 4.65. The highest BCUT2D eigenvalue weighted by atomic mass is 19.4. The first kappa shape index (κ1) is 22.6. The summed E-state index contributed by atoms with van der Waals surface area (Å²) in [5.41, 5.74) is -0.882. The lowest BCUT2D eigenvalue weighted by atomic mass is 10.0. The zero-order valence-electron chi connectivity index (χ0n) is 18.0. The van der Waals surface area contributed by atoms with E-state index in [1.165, 1.54) is 17.2 Å². The van der Waals surface area contributed by atoms with Crippen LogP contribution in [0.5, 0.6) is 0 Å². The van der Waals surface area contributed by atoms with Crippen LogP contribution < -0.4 is 10.2 Å². The van der Waals surface area contributed by atoms with E-state index in [-0.39, 0.29) is 43.2 Å². The highest BCUT2D eigenvalue weighted by Crippen LogP contribution is 2.35. The van der Waals surface area contributed by atoms with Gasteiger partial charge in [-0.05, 0) is 44.0 Å². The lowest BCUT2D eigenvalue weighted by Crippen LogP contribution is -2.61. The molecule has 1 aromatic carbocycles. The summed E-state index contributed by atoms with van der Waals surface area (Å²) in [5, 5.41) is 16.1.